The molecule has 5 heteroatoms. The lowest BCUT2D eigenvalue weighted by molar-refractivity contribution is -0.184. The second-order valence-electron chi connectivity index (χ2n) is 5.90. The Morgan fingerprint density at radius 2 is 2.04 bits per heavy atom. The molecule has 0 fully saturated rings. The smallest absolute Gasteiger partial charge is 0.347 e. The van der Waals surface area contributed by atoms with Gasteiger partial charge < -0.3 is 14.6 Å². The van der Waals surface area contributed by atoms with Crippen LogP contribution in [-0.4, -0.2) is 29.8 Å². The van der Waals surface area contributed by atoms with Crippen LogP contribution in [0.25, 0.3) is 0 Å². The number of rotatable bonds is 6. The third-order valence-electron chi connectivity index (χ3n) is 4.22. The summed E-state index contributed by atoms with van der Waals surface area (Å²) in [5, 5.41) is 11.3. The second kappa shape index (κ2) is 8.11. The van der Waals surface area contributed by atoms with E-state index in [0.717, 1.165) is 12.8 Å². The van der Waals surface area contributed by atoms with Crippen molar-refractivity contribution >= 4 is 11.9 Å². The summed E-state index contributed by atoms with van der Waals surface area (Å²) in [7, 11) is 0. The summed E-state index contributed by atoms with van der Waals surface area (Å²) in [4.78, 5) is 24.5. The molecule has 1 aromatic carbocycles. The van der Waals surface area contributed by atoms with Gasteiger partial charge in [0.25, 0.3) is 0 Å². The molecule has 0 saturated carbocycles. The van der Waals surface area contributed by atoms with Crippen LogP contribution in [0, 0.1) is 5.92 Å². The third kappa shape index (κ3) is 3.85. The molecule has 0 radical (unpaired) electrons. The van der Waals surface area contributed by atoms with E-state index in [2.05, 4.69) is 0 Å². The lowest BCUT2D eigenvalue weighted by atomic mass is 9.76. The van der Waals surface area contributed by atoms with Gasteiger partial charge in [0.05, 0.1) is 6.61 Å². The third-order valence-corrected chi connectivity index (χ3v) is 4.22. The quantitative estimate of drug-likeness (QED) is 0.640. The van der Waals surface area contributed by atoms with E-state index in [4.69, 9.17) is 9.47 Å². The van der Waals surface area contributed by atoms with Crippen molar-refractivity contribution in [3.05, 3.63) is 48.0 Å². The summed E-state index contributed by atoms with van der Waals surface area (Å²) in [5.41, 5.74) is -1.36. The zero-order valence-corrected chi connectivity index (χ0v) is 14.1. The normalized spacial score (nSPS) is 20.7. The highest BCUT2D eigenvalue weighted by Gasteiger charge is 2.47. The standard InChI is InChI=1S/C19H24O5/c1-3-23-17(20)14(2)24-18(21)19(22,15-10-6-4-7-11-15)16-12-8-5-9-13-16/h4,6-8,10-12,14,16,22H,3,5,9,13H2,1-2H3. The van der Waals surface area contributed by atoms with Crippen molar-refractivity contribution in [2.45, 2.75) is 44.8 Å². The Hall–Kier alpha value is -2.14. The molecule has 1 N–H and O–H groups in total. The van der Waals surface area contributed by atoms with Crippen molar-refractivity contribution in [1.82, 2.24) is 0 Å². The first-order valence-corrected chi connectivity index (χ1v) is 8.32. The van der Waals surface area contributed by atoms with Gasteiger partial charge in [0.15, 0.2) is 11.7 Å². The molecule has 0 bridgehead atoms. The topological polar surface area (TPSA) is 72.8 Å². The SMILES string of the molecule is CCOC(=O)C(C)OC(=O)C(O)(c1ccccc1)C1C=CCCC1. The van der Waals surface area contributed by atoms with Crippen LogP contribution in [-0.2, 0) is 24.7 Å². The number of esters is 2. The summed E-state index contributed by atoms with van der Waals surface area (Å²) in [5.74, 6) is -1.85. The molecule has 1 aliphatic carbocycles. The summed E-state index contributed by atoms with van der Waals surface area (Å²) in [6.45, 7) is 3.33. The molecule has 1 aliphatic rings. The monoisotopic (exact) mass is 332 g/mol. The van der Waals surface area contributed by atoms with Crippen LogP contribution in [0.1, 0.15) is 38.7 Å². The Morgan fingerprint density at radius 3 is 2.62 bits per heavy atom. The minimum atomic E-state index is -1.82. The molecule has 0 aliphatic heterocycles. The highest BCUT2D eigenvalue weighted by Crippen LogP contribution is 2.37. The first kappa shape index (κ1) is 18.2. The number of hydrogen-bond donors (Lipinski definition) is 1. The van der Waals surface area contributed by atoms with Crippen LogP contribution in [0.3, 0.4) is 0 Å². The number of carbonyl (C=O) groups is 2. The minimum absolute atomic E-state index is 0.203. The van der Waals surface area contributed by atoms with E-state index in [1.54, 1.807) is 31.2 Å². The number of hydrogen-bond acceptors (Lipinski definition) is 5. The molecule has 3 unspecified atom stereocenters. The number of aliphatic hydroxyl groups is 1. The van der Waals surface area contributed by atoms with E-state index in [1.165, 1.54) is 6.92 Å². The van der Waals surface area contributed by atoms with E-state index in [9.17, 15) is 14.7 Å². The van der Waals surface area contributed by atoms with Gasteiger partial charge in [-0.25, -0.2) is 9.59 Å². The van der Waals surface area contributed by atoms with Crippen molar-refractivity contribution in [3.63, 3.8) is 0 Å². The maximum absolute atomic E-state index is 12.8. The highest BCUT2D eigenvalue weighted by atomic mass is 16.6. The van der Waals surface area contributed by atoms with Crippen LogP contribution in [0.5, 0.6) is 0 Å². The van der Waals surface area contributed by atoms with Crippen LogP contribution < -0.4 is 0 Å². The zero-order chi connectivity index (χ0) is 17.6. The van der Waals surface area contributed by atoms with Crippen LogP contribution in [0.15, 0.2) is 42.5 Å². The van der Waals surface area contributed by atoms with E-state index < -0.39 is 29.6 Å². The lowest BCUT2D eigenvalue weighted by Gasteiger charge is -2.34. The zero-order valence-electron chi connectivity index (χ0n) is 14.1. The second-order valence-corrected chi connectivity index (χ2v) is 5.90. The Balaban J connectivity index is 2.29. The summed E-state index contributed by atoms with van der Waals surface area (Å²) in [6.07, 6.45) is 5.23. The van der Waals surface area contributed by atoms with Crippen LogP contribution >= 0.6 is 0 Å². The molecule has 0 aromatic heterocycles. The Labute approximate surface area is 142 Å². The van der Waals surface area contributed by atoms with Gasteiger partial charge in [-0.2, -0.15) is 0 Å². The molecule has 3 atom stereocenters. The van der Waals surface area contributed by atoms with Crippen molar-refractivity contribution < 1.29 is 24.2 Å². The summed E-state index contributed by atoms with van der Waals surface area (Å²) < 4.78 is 10.1. The van der Waals surface area contributed by atoms with Crippen molar-refractivity contribution in [2.75, 3.05) is 6.61 Å². The minimum Gasteiger partial charge on any atom is -0.463 e. The molecular weight excluding hydrogens is 308 g/mol. The van der Waals surface area contributed by atoms with Crippen LogP contribution in [0.2, 0.25) is 0 Å². The van der Waals surface area contributed by atoms with E-state index in [0.29, 0.717) is 12.0 Å². The van der Waals surface area contributed by atoms with E-state index >= 15 is 0 Å². The van der Waals surface area contributed by atoms with Gasteiger partial charge in [-0.05, 0) is 38.7 Å². The van der Waals surface area contributed by atoms with Crippen molar-refractivity contribution in [1.29, 1.82) is 0 Å². The molecule has 0 spiro atoms. The molecule has 0 saturated heterocycles. The fraction of sp³-hybridized carbons (Fsp3) is 0.474. The molecular formula is C19H24O5. The van der Waals surface area contributed by atoms with Gasteiger partial charge in [-0.15, -0.1) is 0 Å². The van der Waals surface area contributed by atoms with Gasteiger partial charge in [0, 0.05) is 5.92 Å². The fourth-order valence-corrected chi connectivity index (χ4v) is 2.89. The van der Waals surface area contributed by atoms with Gasteiger partial charge >= 0.3 is 11.9 Å². The molecule has 5 nitrogen and oxygen atoms in total. The van der Waals surface area contributed by atoms with Crippen molar-refractivity contribution in [2.24, 2.45) is 5.92 Å². The fourth-order valence-electron chi connectivity index (χ4n) is 2.89. The number of allylic oxidation sites excluding steroid dienone is 1. The number of ether oxygens (including phenoxy) is 2. The Kier molecular flexibility index (Phi) is 6.15. The maximum Gasteiger partial charge on any atom is 0.347 e. The molecule has 24 heavy (non-hydrogen) atoms. The largest absolute Gasteiger partial charge is 0.463 e. The molecule has 1 aromatic rings. The maximum atomic E-state index is 12.8. The Bertz CT molecular complexity index is 595. The van der Waals surface area contributed by atoms with Gasteiger partial charge in [0.1, 0.15) is 0 Å². The van der Waals surface area contributed by atoms with Gasteiger partial charge in [0.2, 0.25) is 0 Å². The van der Waals surface area contributed by atoms with Gasteiger partial charge in [-0.1, -0.05) is 42.5 Å². The average molecular weight is 332 g/mol. The number of benzene rings is 1. The van der Waals surface area contributed by atoms with Gasteiger partial charge in [-0.3, -0.25) is 0 Å². The molecule has 0 heterocycles. The first-order chi connectivity index (χ1) is 11.5. The predicted molar refractivity (Wildman–Crippen MR) is 89.0 cm³/mol. The summed E-state index contributed by atoms with van der Waals surface area (Å²) >= 11 is 0. The molecule has 0 amide bonds. The summed E-state index contributed by atoms with van der Waals surface area (Å²) in [6, 6.07) is 8.72. The highest BCUT2D eigenvalue weighted by molar-refractivity contribution is 5.85. The van der Waals surface area contributed by atoms with E-state index in [1.807, 2.05) is 18.2 Å². The predicted octanol–water partition coefficient (Wildman–Crippen LogP) is 2.73. The Morgan fingerprint density at radius 1 is 1.33 bits per heavy atom. The van der Waals surface area contributed by atoms with E-state index in [-0.39, 0.29) is 6.61 Å². The molecule has 130 valence electrons. The molecule has 2 rings (SSSR count). The number of carbonyl (C=O) groups excluding carboxylic acids is 2. The lowest BCUT2D eigenvalue weighted by Crippen LogP contribution is -2.46. The van der Waals surface area contributed by atoms with Crippen LogP contribution in [0.4, 0.5) is 0 Å². The average Bonchev–Trinajstić information content (AvgIpc) is 2.62. The van der Waals surface area contributed by atoms with Crippen molar-refractivity contribution in [3.8, 4) is 0 Å². The first-order valence-electron chi connectivity index (χ1n) is 8.32.